The van der Waals surface area contributed by atoms with Crippen LogP contribution in [0.1, 0.15) is 28.9 Å². The van der Waals surface area contributed by atoms with Crippen molar-refractivity contribution in [2.24, 2.45) is 5.92 Å². The lowest BCUT2D eigenvalue weighted by molar-refractivity contribution is -0.136. The van der Waals surface area contributed by atoms with Gasteiger partial charge in [0.2, 0.25) is 0 Å². The van der Waals surface area contributed by atoms with Gasteiger partial charge in [-0.25, -0.2) is 9.78 Å². The summed E-state index contributed by atoms with van der Waals surface area (Å²) in [7, 11) is 0. The lowest BCUT2D eigenvalue weighted by Crippen LogP contribution is -2.22. The number of esters is 1. The van der Waals surface area contributed by atoms with Gasteiger partial charge in [0.25, 0.3) is 0 Å². The molecule has 1 saturated heterocycles. The SMILES string of the molecule is O=C(OCC1CCOCC1)c1nc2c(C(F)(F)F)cc(-c3ccco3)cn2c1Cl. The maximum absolute atomic E-state index is 13.6. The monoisotopic (exact) mass is 428 g/mol. The first kappa shape index (κ1) is 19.8. The topological polar surface area (TPSA) is 66.0 Å². The molecule has 0 aliphatic carbocycles. The van der Waals surface area contributed by atoms with Crippen molar-refractivity contribution in [2.45, 2.75) is 19.0 Å². The van der Waals surface area contributed by atoms with E-state index in [1.807, 2.05) is 0 Å². The standard InChI is InChI=1S/C19H16ClF3N2O4/c20-16-15(18(26)29-10-11-3-6-27-7-4-11)24-17-13(19(21,22)23)8-12(9-25(16)17)14-2-1-5-28-14/h1-2,5,8-9,11H,3-4,6-7,10H2. The van der Waals surface area contributed by atoms with E-state index < -0.39 is 23.4 Å². The van der Waals surface area contributed by atoms with Crippen molar-refractivity contribution in [3.8, 4) is 11.3 Å². The highest BCUT2D eigenvalue weighted by Gasteiger charge is 2.36. The van der Waals surface area contributed by atoms with Crippen LogP contribution in [0.5, 0.6) is 0 Å². The van der Waals surface area contributed by atoms with E-state index in [0.29, 0.717) is 13.2 Å². The Balaban J connectivity index is 1.70. The van der Waals surface area contributed by atoms with Crippen LogP contribution in [-0.4, -0.2) is 35.2 Å². The number of aromatic nitrogens is 2. The summed E-state index contributed by atoms with van der Waals surface area (Å²) in [5.74, 6) is -0.497. The van der Waals surface area contributed by atoms with Crippen LogP contribution in [0.3, 0.4) is 0 Å². The predicted octanol–water partition coefficient (Wildman–Crippen LogP) is 4.85. The first-order valence-electron chi connectivity index (χ1n) is 8.92. The number of nitrogens with zero attached hydrogens (tertiary/aromatic N) is 2. The zero-order valence-electron chi connectivity index (χ0n) is 15.0. The Morgan fingerprint density at radius 2 is 2.10 bits per heavy atom. The predicted molar refractivity (Wildman–Crippen MR) is 96.7 cm³/mol. The summed E-state index contributed by atoms with van der Waals surface area (Å²) >= 11 is 6.21. The van der Waals surface area contributed by atoms with Gasteiger partial charge in [0.15, 0.2) is 11.3 Å². The highest BCUT2D eigenvalue weighted by Crippen LogP contribution is 2.37. The van der Waals surface area contributed by atoms with E-state index in [2.05, 4.69) is 4.98 Å². The number of furan rings is 1. The van der Waals surface area contributed by atoms with Crippen molar-refractivity contribution >= 4 is 23.2 Å². The minimum Gasteiger partial charge on any atom is -0.464 e. The fourth-order valence-corrected chi connectivity index (χ4v) is 3.46. The molecular formula is C19H16ClF3N2O4. The Morgan fingerprint density at radius 3 is 2.76 bits per heavy atom. The molecule has 4 heterocycles. The summed E-state index contributed by atoms with van der Waals surface area (Å²) in [6.07, 6.45) is -0.523. The maximum atomic E-state index is 13.6. The van der Waals surface area contributed by atoms with Gasteiger partial charge in [0, 0.05) is 25.0 Å². The Hall–Kier alpha value is -2.52. The number of pyridine rings is 1. The lowest BCUT2D eigenvalue weighted by Gasteiger charge is -2.21. The van der Waals surface area contributed by atoms with Crippen LogP contribution < -0.4 is 0 Å². The normalized spacial score (nSPS) is 15.7. The number of imidazole rings is 1. The molecule has 29 heavy (non-hydrogen) atoms. The van der Waals surface area contributed by atoms with E-state index in [0.717, 1.165) is 23.3 Å². The second-order valence-electron chi connectivity index (χ2n) is 6.72. The van der Waals surface area contributed by atoms with E-state index in [-0.39, 0.29) is 34.7 Å². The third-order valence-electron chi connectivity index (χ3n) is 4.76. The summed E-state index contributed by atoms with van der Waals surface area (Å²) in [5.41, 5.74) is -1.72. The molecule has 10 heteroatoms. The Kier molecular flexibility index (Phi) is 5.26. The van der Waals surface area contributed by atoms with Gasteiger partial charge in [-0.05, 0) is 37.0 Å². The fourth-order valence-electron chi connectivity index (χ4n) is 3.21. The van der Waals surface area contributed by atoms with Gasteiger partial charge in [0.1, 0.15) is 10.9 Å². The zero-order chi connectivity index (χ0) is 20.6. The zero-order valence-corrected chi connectivity index (χ0v) is 15.8. The summed E-state index contributed by atoms with van der Waals surface area (Å²) in [5, 5.41) is -0.254. The summed E-state index contributed by atoms with van der Waals surface area (Å²) in [4.78, 5) is 16.3. The van der Waals surface area contributed by atoms with E-state index in [9.17, 15) is 18.0 Å². The summed E-state index contributed by atoms with van der Waals surface area (Å²) < 4.78 is 57.6. The average molecular weight is 429 g/mol. The number of rotatable bonds is 4. The van der Waals surface area contributed by atoms with E-state index >= 15 is 0 Å². The number of hydrogen-bond acceptors (Lipinski definition) is 5. The van der Waals surface area contributed by atoms with Crippen LogP contribution in [-0.2, 0) is 15.7 Å². The van der Waals surface area contributed by atoms with Crippen LogP contribution >= 0.6 is 11.6 Å². The van der Waals surface area contributed by atoms with E-state index in [1.165, 1.54) is 18.5 Å². The van der Waals surface area contributed by atoms with Crippen molar-refractivity contribution < 1.29 is 31.9 Å². The molecule has 0 amide bonds. The molecule has 6 nitrogen and oxygen atoms in total. The first-order chi connectivity index (χ1) is 13.8. The number of hydrogen-bond donors (Lipinski definition) is 0. The molecule has 0 bridgehead atoms. The van der Waals surface area contributed by atoms with Crippen molar-refractivity contribution in [3.63, 3.8) is 0 Å². The highest BCUT2D eigenvalue weighted by atomic mass is 35.5. The van der Waals surface area contributed by atoms with Gasteiger partial charge in [-0.15, -0.1) is 0 Å². The molecule has 3 aromatic heterocycles. The molecule has 0 saturated carbocycles. The maximum Gasteiger partial charge on any atom is 0.420 e. The van der Waals surface area contributed by atoms with Gasteiger partial charge >= 0.3 is 12.1 Å². The fraction of sp³-hybridized carbons (Fsp3) is 0.368. The summed E-state index contributed by atoms with van der Waals surface area (Å²) in [6, 6.07) is 3.99. The Morgan fingerprint density at radius 1 is 1.34 bits per heavy atom. The van der Waals surface area contributed by atoms with E-state index in [4.69, 9.17) is 25.5 Å². The molecule has 0 spiro atoms. The van der Waals surface area contributed by atoms with Crippen molar-refractivity contribution in [1.82, 2.24) is 9.38 Å². The molecule has 4 rings (SSSR count). The Labute approximate surface area is 168 Å². The third-order valence-corrected chi connectivity index (χ3v) is 5.12. The second-order valence-corrected chi connectivity index (χ2v) is 7.07. The minimum absolute atomic E-state index is 0.135. The molecule has 1 fully saturated rings. The molecule has 0 N–H and O–H groups in total. The van der Waals surface area contributed by atoms with Gasteiger partial charge in [-0.3, -0.25) is 4.40 Å². The number of alkyl halides is 3. The number of halogens is 4. The number of fused-ring (bicyclic) bond motifs is 1. The Bertz CT molecular complexity index is 1020. The molecule has 0 unspecified atom stereocenters. The van der Waals surface area contributed by atoms with Crippen LogP contribution in [0.25, 0.3) is 17.0 Å². The van der Waals surface area contributed by atoms with Crippen molar-refractivity contribution in [2.75, 3.05) is 19.8 Å². The molecule has 0 aromatic carbocycles. The lowest BCUT2D eigenvalue weighted by atomic mass is 10.0. The van der Waals surface area contributed by atoms with Crippen LogP contribution in [0.2, 0.25) is 5.15 Å². The second kappa shape index (κ2) is 7.72. The quantitative estimate of drug-likeness (QED) is 0.556. The van der Waals surface area contributed by atoms with Gasteiger partial charge < -0.3 is 13.9 Å². The third kappa shape index (κ3) is 3.97. The van der Waals surface area contributed by atoms with Crippen LogP contribution in [0, 0.1) is 5.92 Å². The minimum atomic E-state index is -4.71. The molecule has 1 aliphatic rings. The molecule has 1 aliphatic heterocycles. The summed E-state index contributed by atoms with van der Waals surface area (Å²) in [6.45, 7) is 1.31. The van der Waals surface area contributed by atoms with Crippen molar-refractivity contribution in [1.29, 1.82) is 0 Å². The van der Waals surface area contributed by atoms with Gasteiger partial charge in [-0.2, -0.15) is 13.2 Å². The van der Waals surface area contributed by atoms with Gasteiger partial charge in [-0.1, -0.05) is 11.6 Å². The number of carbonyl (C=O) groups is 1. The van der Waals surface area contributed by atoms with Crippen LogP contribution in [0.15, 0.2) is 35.1 Å². The average Bonchev–Trinajstić information content (AvgIpc) is 3.34. The number of carbonyl (C=O) groups excluding carboxylic acids is 1. The molecule has 0 atom stereocenters. The van der Waals surface area contributed by atoms with Crippen molar-refractivity contribution in [3.05, 3.63) is 47.1 Å². The van der Waals surface area contributed by atoms with E-state index in [1.54, 1.807) is 6.07 Å². The molecule has 0 radical (unpaired) electrons. The molecule has 3 aromatic rings. The smallest absolute Gasteiger partial charge is 0.420 e. The number of ether oxygens (including phenoxy) is 2. The first-order valence-corrected chi connectivity index (χ1v) is 9.30. The van der Waals surface area contributed by atoms with Crippen LogP contribution in [0.4, 0.5) is 13.2 Å². The van der Waals surface area contributed by atoms with Gasteiger partial charge in [0.05, 0.1) is 18.4 Å². The molecule has 154 valence electrons. The largest absolute Gasteiger partial charge is 0.464 e. The highest BCUT2D eigenvalue weighted by molar-refractivity contribution is 6.32. The molecular weight excluding hydrogens is 413 g/mol.